The number of hydrogen-bond acceptors (Lipinski definition) is 3. The number of piperidine rings is 1. The van der Waals surface area contributed by atoms with E-state index in [1.807, 2.05) is 56.1 Å². The molecule has 0 aliphatic carbocycles. The Bertz CT molecular complexity index is 836. The second-order valence-electron chi connectivity index (χ2n) is 8.67. The number of rotatable bonds is 6. The molecule has 1 heterocycles. The molecule has 1 amide bonds. The highest BCUT2D eigenvalue weighted by molar-refractivity contribution is 5.78. The van der Waals surface area contributed by atoms with E-state index in [9.17, 15) is 9.90 Å². The number of benzene rings is 2. The lowest BCUT2D eigenvalue weighted by molar-refractivity contribution is -0.132. The monoisotopic (exact) mass is 424 g/mol. The number of carbonyl (C=O) groups excluding carboxylic acids is 1. The lowest BCUT2D eigenvalue weighted by Gasteiger charge is -2.46. The summed E-state index contributed by atoms with van der Waals surface area (Å²) < 4.78 is 0. The molecular formula is C27H40N2O2. The lowest BCUT2D eigenvalue weighted by Crippen LogP contribution is -2.48. The Labute approximate surface area is 188 Å². The molecular weight excluding hydrogens is 384 g/mol. The standard InChI is InChI=1S/C25H34N2O2.C2H6/c1-5-21-11-12-22(28)15-23(21)25(13-14-26(3)19(2)16-25)17-24(29)27(4)18-20-9-7-6-8-10-20;1-2/h6-12,15,19,28H,5,13-14,16-18H2,1-4H3;1-2H3. The van der Waals surface area contributed by atoms with E-state index in [0.29, 0.717) is 19.0 Å². The third-order valence-electron chi connectivity index (χ3n) is 6.61. The van der Waals surface area contributed by atoms with Gasteiger partial charge in [-0.3, -0.25) is 4.79 Å². The molecule has 2 aromatic carbocycles. The van der Waals surface area contributed by atoms with Gasteiger partial charge in [0.1, 0.15) is 5.75 Å². The molecule has 0 aromatic heterocycles. The predicted molar refractivity (Wildman–Crippen MR) is 129 cm³/mol. The zero-order chi connectivity index (χ0) is 23.0. The molecule has 1 aliphatic heterocycles. The third-order valence-corrected chi connectivity index (χ3v) is 6.61. The van der Waals surface area contributed by atoms with Crippen LogP contribution in [0.15, 0.2) is 48.5 Å². The second-order valence-corrected chi connectivity index (χ2v) is 8.67. The molecule has 2 unspecified atom stereocenters. The van der Waals surface area contributed by atoms with E-state index in [4.69, 9.17) is 0 Å². The van der Waals surface area contributed by atoms with Crippen molar-refractivity contribution in [2.24, 2.45) is 0 Å². The van der Waals surface area contributed by atoms with Crippen molar-refractivity contribution in [2.45, 2.75) is 71.4 Å². The Morgan fingerprint density at radius 2 is 1.87 bits per heavy atom. The second kappa shape index (κ2) is 11.3. The topological polar surface area (TPSA) is 43.8 Å². The maximum atomic E-state index is 13.3. The highest BCUT2D eigenvalue weighted by Crippen LogP contribution is 2.43. The van der Waals surface area contributed by atoms with Crippen LogP contribution in [0.1, 0.15) is 63.6 Å². The van der Waals surface area contributed by atoms with Crippen molar-refractivity contribution >= 4 is 5.91 Å². The predicted octanol–water partition coefficient (Wildman–Crippen LogP) is 5.38. The van der Waals surface area contributed by atoms with Gasteiger partial charge >= 0.3 is 0 Å². The van der Waals surface area contributed by atoms with Crippen molar-refractivity contribution in [1.82, 2.24) is 9.80 Å². The minimum absolute atomic E-state index is 0.163. The number of nitrogens with zero attached hydrogens (tertiary/aromatic N) is 2. The van der Waals surface area contributed by atoms with Gasteiger partial charge in [-0.25, -0.2) is 0 Å². The van der Waals surface area contributed by atoms with Crippen LogP contribution in [0, 0.1) is 0 Å². The number of phenolic OH excluding ortho intramolecular Hbond substituents is 1. The van der Waals surface area contributed by atoms with Crippen molar-refractivity contribution in [2.75, 3.05) is 20.6 Å². The summed E-state index contributed by atoms with van der Waals surface area (Å²) in [5.41, 5.74) is 3.29. The average molecular weight is 425 g/mol. The van der Waals surface area contributed by atoms with Crippen LogP contribution in [0.2, 0.25) is 0 Å². The maximum Gasteiger partial charge on any atom is 0.223 e. The van der Waals surface area contributed by atoms with E-state index in [0.717, 1.165) is 36.9 Å². The van der Waals surface area contributed by atoms with Crippen LogP contribution in [0.5, 0.6) is 5.75 Å². The minimum atomic E-state index is -0.238. The van der Waals surface area contributed by atoms with E-state index in [1.54, 1.807) is 6.07 Å². The molecule has 2 atom stereocenters. The van der Waals surface area contributed by atoms with Gasteiger partial charge in [-0.1, -0.05) is 57.2 Å². The quantitative estimate of drug-likeness (QED) is 0.677. The molecule has 1 aliphatic rings. The normalized spacial score (nSPS) is 21.2. The van der Waals surface area contributed by atoms with Crippen LogP contribution in [0.25, 0.3) is 0 Å². The SMILES string of the molecule is CC.CCc1ccc(O)cc1C1(CC(=O)N(C)Cc2ccccc2)CCN(C)C(C)C1. The Morgan fingerprint density at radius 1 is 1.19 bits per heavy atom. The van der Waals surface area contributed by atoms with Gasteiger partial charge in [-0.05, 0) is 68.6 Å². The summed E-state index contributed by atoms with van der Waals surface area (Å²) in [5.74, 6) is 0.448. The first kappa shape index (κ1) is 24.9. The van der Waals surface area contributed by atoms with E-state index in [-0.39, 0.29) is 17.1 Å². The molecule has 0 bridgehead atoms. The summed E-state index contributed by atoms with van der Waals surface area (Å²) >= 11 is 0. The smallest absolute Gasteiger partial charge is 0.223 e. The van der Waals surface area contributed by atoms with E-state index in [2.05, 4.69) is 37.9 Å². The van der Waals surface area contributed by atoms with Gasteiger partial charge in [0.05, 0.1) is 0 Å². The molecule has 3 rings (SSSR count). The fourth-order valence-corrected chi connectivity index (χ4v) is 4.67. The fourth-order valence-electron chi connectivity index (χ4n) is 4.67. The maximum absolute atomic E-state index is 13.3. The summed E-state index contributed by atoms with van der Waals surface area (Å²) in [6.07, 6.45) is 3.22. The van der Waals surface area contributed by atoms with Gasteiger partial charge in [0.25, 0.3) is 0 Å². The van der Waals surface area contributed by atoms with Crippen LogP contribution >= 0.6 is 0 Å². The van der Waals surface area contributed by atoms with Gasteiger partial charge in [0.2, 0.25) is 5.91 Å². The molecule has 31 heavy (non-hydrogen) atoms. The molecule has 4 heteroatoms. The number of aryl methyl sites for hydroxylation is 1. The number of aromatic hydroxyl groups is 1. The number of likely N-dealkylation sites (tertiary alicyclic amines) is 1. The molecule has 170 valence electrons. The first-order valence-electron chi connectivity index (χ1n) is 11.6. The van der Waals surface area contributed by atoms with Gasteiger partial charge in [0, 0.05) is 31.5 Å². The molecule has 1 saturated heterocycles. The van der Waals surface area contributed by atoms with Crippen LogP contribution in [-0.4, -0.2) is 47.5 Å². The molecule has 1 fully saturated rings. The Morgan fingerprint density at radius 3 is 2.48 bits per heavy atom. The number of amides is 1. The number of phenols is 1. The zero-order valence-corrected chi connectivity index (χ0v) is 20.2. The van der Waals surface area contributed by atoms with Gasteiger partial charge in [-0.15, -0.1) is 0 Å². The summed E-state index contributed by atoms with van der Waals surface area (Å²) in [6.45, 7) is 9.95. The van der Waals surface area contributed by atoms with Crippen molar-refractivity contribution in [3.63, 3.8) is 0 Å². The van der Waals surface area contributed by atoms with Gasteiger partial charge in [-0.2, -0.15) is 0 Å². The average Bonchev–Trinajstić information content (AvgIpc) is 2.78. The molecule has 0 saturated carbocycles. The van der Waals surface area contributed by atoms with Crippen molar-refractivity contribution in [3.05, 3.63) is 65.2 Å². The van der Waals surface area contributed by atoms with Crippen LogP contribution in [-0.2, 0) is 23.2 Å². The summed E-state index contributed by atoms with van der Waals surface area (Å²) in [4.78, 5) is 17.5. The summed E-state index contributed by atoms with van der Waals surface area (Å²) in [7, 11) is 4.05. The van der Waals surface area contributed by atoms with Crippen molar-refractivity contribution in [3.8, 4) is 5.75 Å². The molecule has 4 nitrogen and oxygen atoms in total. The number of hydrogen-bond donors (Lipinski definition) is 1. The van der Waals surface area contributed by atoms with Crippen LogP contribution in [0.4, 0.5) is 0 Å². The van der Waals surface area contributed by atoms with Gasteiger partial charge < -0.3 is 14.9 Å². The van der Waals surface area contributed by atoms with Gasteiger partial charge in [0.15, 0.2) is 0 Å². The number of carbonyl (C=O) groups is 1. The summed E-state index contributed by atoms with van der Waals surface area (Å²) in [6, 6.07) is 16.2. The Kier molecular flexibility index (Phi) is 9.12. The largest absolute Gasteiger partial charge is 0.508 e. The highest BCUT2D eigenvalue weighted by Gasteiger charge is 2.42. The molecule has 2 aromatic rings. The zero-order valence-electron chi connectivity index (χ0n) is 20.2. The highest BCUT2D eigenvalue weighted by atomic mass is 16.3. The van der Waals surface area contributed by atoms with Crippen LogP contribution < -0.4 is 0 Å². The van der Waals surface area contributed by atoms with Crippen LogP contribution in [0.3, 0.4) is 0 Å². The summed E-state index contributed by atoms with van der Waals surface area (Å²) in [5, 5.41) is 10.2. The van der Waals surface area contributed by atoms with Crippen molar-refractivity contribution in [1.29, 1.82) is 0 Å². The molecule has 0 spiro atoms. The fraction of sp³-hybridized carbons (Fsp3) is 0.519. The minimum Gasteiger partial charge on any atom is -0.508 e. The first-order chi connectivity index (χ1) is 14.8. The molecule has 1 N–H and O–H groups in total. The van der Waals surface area contributed by atoms with Crippen molar-refractivity contribution < 1.29 is 9.90 Å². The van der Waals surface area contributed by atoms with E-state index in [1.165, 1.54) is 5.56 Å². The Hall–Kier alpha value is -2.33. The van der Waals surface area contributed by atoms with E-state index >= 15 is 0 Å². The Balaban J connectivity index is 0.00000166. The first-order valence-corrected chi connectivity index (χ1v) is 11.6. The lowest BCUT2D eigenvalue weighted by atomic mass is 9.66. The van der Waals surface area contributed by atoms with E-state index < -0.39 is 0 Å². The third kappa shape index (κ3) is 6.10. The molecule has 0 radical (unpaired) electrons.